The van der Waals surface area contributed by atoms with Crippen LogP contribution in [-0.4, -0.2) is 16.5 Å². The molecule has 104 valence electrons. The maximum Gasteiger partial charge on any atom is 0.130 e. The number of benzene rings is 1. The van der Waals surface area contributed by atoms with Crippen LogP contribution in [0.1, 0.15) is 30.9 Å². The van der Waals surface area contributed by atoms with Crippen molar-refractivity contribution >= 4 is 17.6 Å². The Kier molecular flexibility index (Phi) is 4.21. The van der Waals surface area contributed by atoms with Crippen molar-refractivity contribution in [2.75, 3.05) is 11.9 Å². The first kappa shape index (κ1) is 13.4. The monoisotopic (exact) mass is 285 g/mol. The molecule has 3 nitrogen and oxygen atoms in total. The van der Waals surface area contributed by atoms with Gasteiger partial charge in [0.2, 0.25) is 0 Å². The van der Waals surface area contributed by atoms with Crippen molar-refractivity contribution in [1.82, 2.24) is 9.97 Å². The van der Waals surface area contributed by atoms with Crippen LogP contribution in [0.25, 0.3) is 0 Å². The summed E-state index contributed by atoms with van der Waals surface area (Å²) < 4.78 is 0. The van der Waals surface area contributed by atoms with Crippen LogP contribution in [-0.2, 0) is 12.8 Å². The highest BCUT2D eigenvalue weighted by molar-refractivity contribution is 7.99. The van der Waals surface area contributed by atoms with E-state index in [1.807, 2.05) is 6.07 Å². The quantitative estimate of drug-likeness (QED) is 0.844. The van der Waals surface area contributed by atoms with E-state index in [4.69, 9.17) is 0 Å². The molecular formula is C16H19N3S. The predicted octanol–water partition coefficient (Wildman–Crippen LogP) is 3.94. The van der Waals surface area contributed by atoms with E-state index in [-0.39, 0.29) is 0 Å². The van der Waals surface area contributed by atoms with Gasteiger partial charge in [-0.1, -0.05) is 24.8 Å². The number of hydrogen-bond acceptors (Lipinski definition) is 4. The standard InChI is InChI=1S/C16H19N3S/c1-2-8-17-15-10-16(19-11-18-15)20-14-7-6-12-4-3-5-13(12)9-14/h6-7,9-11H,2-5,8H2,1H3,(H,17,18,19). The number of aromatic nitrogens is 2. The lowest BCUT2D eigenvalue weighted by atomic mass is 10.1. The molecule has 1 aliphatic carbocycles. The molecule has 1 aliphatic rings. The molecule has 1 N–H and O–H groups in total. The number of aryl methyl sites for hydroxylation is 2. The van der Waals surface area contributed by atoms with Crippen LogP contribution in [0.4, 0.5) is 5.82 Å². The van der Waals surface area contributed by atoms with Crippen LogP contribution in [0.5, 0.6) is 0 Å². The van der Waals surface area contributed by atoms with Gasteiger partial charge in [0.1, 0.15) is 17.2 Å². The van der Waals surface area contributed by atoms with Gasteiger partial charge in [-0.2, -0.15) is 0 Å². The Morgan fingerprint density at radius 2 is 2.05 bits per heavy atom. The topological polar surface area (TPSA) is 37.8 Å². The minimum absolute atomic E-state index is 0.908. The second kappa shape index (κ2) is 6.27. The highest BCUT2D eigenvalue weighted by atomic mass is 32.2. The summed E-state index contributed by atoms with van der Waals surface area (Å²) >= 11 is 1.71. The molecule has 20 heavy (non-hydrogen) atoms. The van der Waals surface area contributed by atoms with Crippen molar-refractivity contribution in [2.45, 2.75) is 42.5 Å². The van der Waals surface area contributed by atoms with Gasteiger partial charge in [0, 0.05) is 17.5 Å². The minimum Gasteiger partial charge on any atom is -0.370 e. The molecule has 0 radical (unpaired) electrons. The zero-order valence-electron chi connectivity index (χ0n) is 11.7. The van der Waals surface area contributed by atoms with E-state index in [2.05, 4.69) is 40.4 Å². The SMILES string of the molecule is CCCNc1cc(Sc2ccc3c(c2)CCC3)ncn1. The molecule has 4 heteroatoms. The number of hydrogen-bond donors (Lipinski definition) is 1. The van der Waals surface area contributed by atoms with E-state index < -0.39 is 0 Å². The molecule has 1 aromatic carbocycles. The molecule has 0 bridgehead atoms. The summed E-state index contributed by atoms with van der Waals surface area (Å²) in [6.45, 7) is 3.09. The molecule has 0 saturated heterocycles. The first-order chi connectivity index (χ1) is 9.85. The summed E-state index contributed by atoms with van der Waals surface area (Å²) in [4.78, 5) is 9.86. The Labute approximate surface area is 124 Å². The summed E-state index contributed by atoms with van der Waals surface area (Å²) in [6, 6.07) is 8.81. The predicted molar refractivity (Wildman–Crippen MR) is 83.4 cm³/mol. The zero-order valence-corrected chi connectivity index (χ0v) is 12.5. The van der Waals surface area contributed by atoms with Gasteiger partial charge in [-0.25, -0.2) is 9.97 Å². The first-order valence-corrected chi connectivity index (χ1v) is 8.02. The number of rotatable bonds is 5. The van der Waals surface area contributed by atoms with E-state index in [1.54, 1.807) is 18.1 Å². The van der Waals surface area contributed by atoms with E-state index in [0.717, 1.165) is 23.8 Å². The van der Waals surface area contributed by atoms with Crippen LogP contribution in [0.2, 0.25) is 0 Å². The van der Waals surface area contributed by atoms with Crippen LogP contribution >= 0.6 is 11.8 Å². The summed E-state index contributed by atoms with van der Waals surface area (Å²) in [5.74, 6) is 0.908. The van der Waals surface area contributed by atoms with E-state index in [0.29, 0.717) is 0 Å². The summed E-state index contributed by atoms with van der Waals surface area (Å²) in [7, 11) is 0. The molecule has 0 aliphatic heterocycles. The normalized spacial score (nSPS) is 13.2. The van der Waals surface area contributed by atoms with E-state index in [1.165, 1.54) is 35.3 Å². The van der Waals surface area contributed by atoms with Gasteiger partial charge in [0.25, 0.3) is 0 Å². The third kappa shape index (κ3) is 3.12. The Balaban J connectivity index is 1.74. The van der Waals surface area contributed by atoms with Crippen LogP contribution in [0, 0.1) is 0 Å². The number of anilines is 1. The first-order valence-electron chi connectivity index (χ1n) is 7.21. The molecule has 0 spiro atoms. The van der Waals surface area contributed by atoms with Gasteiger partial charge in [-0.3, -0.25) is 0 Å². The van der Waals surface area contributed by atoms with Gasteiger partial charge >= 0.3 is 0 Å². The van der Waals surface area contributed by atoms with Gasteiger partial charge in [0.05, 0.1) is 0 Å². The van der Waals surface area contributed by atoms with Crippen LogP contribution < -0.4 is 5.32 Å². The van der Waals surface area contributed by atoms with Crippen molar-refractivity contribution in [3.05, 3.63) is 41.7 Å². The van der Waals surface area contributed by atoms with E-state index in [9.17, 15) is 0 Å². The smallest absolute Gasteiger partial charge is 0.130 e. The van der Waals surface area contributed by atoms with Gasteiger partial charge < -0.3 is 5.32 Å². The summed E-state index contributed by atoms with van der Waals surface area (Å²) in [5.41, 5.74) is 3.02. The molecular weight excluding hydrogens is 266 g/mol. The lowest BCUT2D eigenvalue weighted by Crippen LogP contribution is -2.02. The Hall–Kier alpha value is -1.55. The number of nitrogens with one attached hydrogen (secondary N) is 1. The Bertz CT molecular complexity index is 598. The highest BCUT2D eigenvalue weighted by Crippen LogP contribution is 2.31. The molecule has 0 amide bonds. The summed E-state index contributed by atoms with van der Waals surface area (Å²) in [6.07, 6.45) is 6.47. The zero-order chi connectivity index (χ0) is 13.8. The minimum atomic E-state index is 0.908. The molecule has 3 rings (SSSR count). The molecule has 0 unspecified atom stereocenters. The van der Waals surface area contributed by atoms with Crippen molar-refractivity contribution < 1.29 is 0 Å². The Morgan fingerprint density at radius 1 is 1.15 bits per heavy atom. The fraction of sp³-hybridized carbons (Fsp3) is 0.375. The van der Waals surface area contributed by atoms with Gasteiger partial charge in [-0.05, 0) is 48.9 Å². The number of nitrogens with zero attached hydrogens (tertiary/aromatic N) is 2. The van der Waals surface area contributed by atoms with Gasteiger partial charge in [0.15, 0.2) is 0 Å². The average Bonchev–Trinajstić information content (AvgIpc) is 2.93. The third-order valence-electron chi connectivity index (χ3n) is 3.49. The third-order valence-corrected chi connectivity index (χ3v) is 4.41. The second-order valence-electron chi connectivity index (χ2n) is 5.05. The van der Waals surface area contributed by atoms with Crippen molar-refractivity contribution in [3.8, 4) is 0 Å². The highest BCUT2D eigenvalue weighted by Gasteiger charge is 2.11. The maximum absolute atomic E-state index is 4.35. The molecule has 1 aromatic heterocycles. The fourth-order valence-electron chi connectivity index (χ4n) is 2.48. The van der Waals surface area contributed by atoms with Crippen molar-refractivity contribution in [2.24, 2.45) is 0 Å². The molecule has 0 atom stereocenters. The fourth-order valence-corrected chi connectivity index (χ4v) is 3.33. The lowest BCUT2D eigenvalue weighted by molar-refractivity contribution is 0.911. The largest absolute Gasteiger partial charge is 0.370 e. The van der Waals surface area contributed by atoms with Crippen LogP contribution in [0.15, 0.2) is 40.5 Å². The Morgan fingerprint density at radius 3 is 2.95 bits per heavy atom. The maximum atomic E-state index is 4.35. The molecule has 0 fully saturated rings. The number of fused-ring (bicyclic) bond motifs is 1. The average molecular weight is 285 g/mol. The second-order valence-corrected chi connectivity index (χ2v) is 6.15. The molecule has 2 aromatic rings. The van der Waals surface area contributed by atoms with Gasteiger partial charge in [-0.15, -0.1) is 0 Å². The molecule has 0 saturated carbocycles. The van der Waals surface area contributed by atoms with E-state index >= 15 is 0 Å². The summed E-state index contributed by atoms with van der Waals surface area (Å²) in [5, 5.41) is 4.29. The van der Waals surface area contributed by atoms with Crippen molar-refractivity contribution in [3.63, 3.8) is 0 Å². The van der Waals surface area contributed by atoms with Crippen molar-refractivity contribution in [1.29, 1.82) is 0 Å². The van der Waals surface area contributed by atoms with Crippen LogP contribution in [0.3, 0.4) is 0 Å². The molecule has 1 heterocycles. The lowest BCUT2D eigenvalue weighted by Gasteiger charge is -2.06.